The van der Waals surface area contributed by atoms with Gasteiger partial charge in [0.05, 0.1) is 24.7 Å². The zero-order valence-electron chi connectivity index (χ0n) is 35.2. The first-order valence-corrected chi connectivity index (χ1v) is 24.6. The molecular weight excluding hydrogens is 828 g/mol. The van der Waals surface area contributed by atoms with E-state index in [1.165, 1.54) is 11.3 Å². The van der Waals surface area contributed by atoms with Gasteiger partial charge in [-0.1, -0.05) is 38.1 Å². The smallest absolute Gasteiger partial charge is 0.288 e. The zero-order valence-corrected chi connectivity index (χ0v) is 36.9. The van der Waals surface area contributed by atoms with E-state index in [2.05, 4.69) is 26.4 Å². The molecule has 2 unspecified atom stereocenters. The fourth-order valence-corrected chi connectivity index (χ4v) is 12.5. The zero-order chi connectivity index (χ0) is 43.0. The topological polar surface area (TPSA) is 162 Å². The van der Waals surface area contributed by atoms with Gasteiger partial charge < -0.3 is 43.7 Å². The molecule has 4 saturated heterocycles. The van der Waals surface area contributed by atoms with Crippen molar-refractivity contribution in [2.75, 3.05) is 50.9 Å². The molecule has 1 saturated carbocycles. The highest BCUT2D eigenvalue weighted by Gasteiger charge is 2.52. The molecule has 1 N–H and O–H groups in total. The highest BCUT2D eigenvalue weighted by atomic mass is 32.1. The maximum absolute atomic E-state index is 14.6. The number of benzene rings is 2. The van der Waals surface area contributed by atoms with Crippen LogP contribution in [0.5, 0.6) is 5.75 Å². The summed E-state index contributed by atoms with van der Waals surface area (Å²) in [7, 11) is -3.82. The molecule has 0 spiro atoms. The average molecular weight is 882 g/mol. The minimum atomic E-state index is -3.82. The van der Waals surface area contributed by atoms with Crippen molar-refractivity contribution in [2.24, 2.45) is 11.8 Å². The maximum Gasteiger partial charge on any atom is 0.288 e. The van der Waals surface area contributed by atoms with Gasteiger partial charge in [-0.3, -0.25) is 24.2 Å². The Kier molecular flexibility index (Phi) is 12.4. The first kappa shape index (κ1) is 42.5. The van der Waals surface area contributed by atoms with Crippen LogP contribution in [-0.4, -0.2) is 109 Å². The molecule has 328 valence electrons. The molecule has 0 radical (unpaired) electrons. The number of esters is 1. The van der Waals surface area contributed by atoms with Gasteiger partial charge in [-0.25, -0.2) is 0 Å². The normalized spacial score (nSPS) is 25.1. The number of thiophene rings is 1. The number of hydrogen-bond donors (Lipinski definition) is 1. The third kappa shape index (κ3) is 9.13. The summed E-state index contributed by atoms with van der Waals surface area (Å²) < 4.78 is 32.0. The summed E-state index contributed by atoms with van der Waals surface area (Å²) in [6.45, 7) is 7.88. The highest BCUT2D eigenvalue weighted by molar-refractivity contribution is 7.61. The number of fused-ring (bicyclic) bond motifs is 3. The fraction of sp³-hybridized carbons (Fsp3) is 0.500. The van der Waals surface area contributed by atoms with Crippen LogP contribution in [0.1, 0.15) is 79.1 Å². The van der Waals surface area contributed by atoms with E-state index >= 15 is 0 Å². The molecule has 3 amide bonds. The SMILES string of the molecule is CCCOC(=O)[C@H](C)[N-]P(=O)(Cc1ccc2sc(C(=O)NC3C[C@@H]4C[C@@H]4C[C@H]4CC[C@@H](C(=O)N5CC(c6cnccc6N6CCOCC6)C5)N4C3=O)cc2c1)Oc1ccccc1. The van der Waals surface area contributed by atoms with Crippen LogP contribution >= 0.6 is 18.9 Å². The minimum Gasteiger partial charge on any atom is -0.557 e. The van der Waals surface area contributed by atoms with Crippen LogP contribution in [0.15, 0.2) is 73.1 Å². The van der Waals surface area contributed by atoms with Crippen molar-refractivity contribution in [3.05, 3.63) is 94.1 Å². The maximum atomic E-state index is 14.6. The summed E-state index contributed by atoms with van der Waals surface area (Å²) in [4.78, 5) is 66.3. The van der Waals surface area contributed by atoms with E-state index in [9.17, 15) is 23.7 Å². The van der Waals surface area contributed by atoms with Gasteiger partial charge in [-0.15, -0.1) is 11.3 Å². The monoisotopic (exact) mass is 881 g/mol. The van der Waals surface area contributed by atoms with Gasteiger partial charge in [0.15, 0.2) is 7.52 Å². The van der Waals surface area contributed by atoms with Gasteiger partial charge in [0.1, 0.15) is 17.8 Å². The fourth-order valence-electron chi connectivity index (χ4n) is 9.64. The number of pyridine rings is 1. The third-order valence-corrected chi connectivity index (χ3v) is 16.0. The van der Waals surface area contributed by atoms with Crippen LogP contribution in [0.2, 0.25) is 0 Å². The van der Waals surface area contributed by atoms with Gasteiger partial charge in [-0.05, 0) is 104 Å². The molecule has 6 heterocycles. The average Bonchev–Trinajstić information content (AvgIpc) is 3.60. The molecule has 7 atom stereocenters. The summed E-state index contributed by atoms with van der Waals surface area (Å²) in [5, 5.41) is 8.26. The molecule has 16 heteroatoms. The number of morpholine rings is 1. The molecule has 4 aromatic rings. The standard InChI is InChI=1S/C46H55N6O8PS/c1-3-17-59-46(56)29(2)49-61(57,60-36-7-5-4-6-8-36)28-30-9-12-41-33(20-30)24-42(62-41)43(53)48-38-23-32-21-31(32)22-35-10-11-40(52(35)44(38)54)45(55)51-26-34(27-51)37-25-47-14-13-39(37)50-15-18-58-19-16-50/h4-9,12-14,20,24-25,29,31-32,34-35,38,40H,3,10-11,15-19,21-23,26-28H2,1-2H3,(H2,48,49,53,57)/p-1/t29-,31+,32-,35+,38?,40-,61?/m0/s1. The number of anilines is 1. The number of hydrogen-bond acceptors (Lipinski definition) is 11. The quantitative estimate of drug-likeness (QED) is 0.102. The first-order chi connectivity index (χ1) is 30.1. The van der Waals surface area contributed by atoms with Gasteiger partial charge >= 0.3 is 0 Å². The van der Waals surface area contributed by atoms with E-state index < -0.39 is 31.6 Å². The number of nitrogens with zero attached hydrogens (tertiary/aromatic N) is 5. The Hall–Kier alpha value is -4.82. The Morgan fingerprint density at radius 1 is 1.02 bits per heavy atom. The van der Waals surface area contributed by atoms with E-state index in [0.717, 1.165) is 53.7 Å². The summed E-state index contributed by atoms with van der Waals surface area (Å²) in [5.41, 5.74) is 2.96. The molecule has 2 aromatic carbocycles. The predicted octanol–water partition coefficient (Wildman–Crippen LogP) is 7.13. The number of amides is 3. The number of ether oxygens (including phenoxy) is 2. The van der Waals surface area contributed by atoms with Crippen molar-refractivity contribution in [1.29, 1.82) is 0 Å². The van der Waals surface area contributed by atoms with E-state index in [1.807, 2.05) is 53.4 Å². The molecule has 62 heavy (non-hydrogen) atoms. The van der Waals surface area contributed by atoms with E-state index in [0.29, 0.717) is 73.6 Å². The lowest BCUT2D eigenvalue weighted by Gasteiger charge is -2.44. The Morgan fingerprint density at radius 3 is 2.60 bits per heavy atom. The number of para-hydroxylation sites is 1. The summed E-state index contributed by atoms with van der Waals surface area (Å²) in [6.07, 6.45) is 8.21. The van der Waals surface area contributed by atoms with Crippen LogP contribution in [0.25, 0.3) is 15.2 Å². The van der Waals surface area contributed by atoms with E-state index in [-0.39, 0.29) is 42.5 Å². The number of aromatic nitrogens is 1. The molecule has 2 aromatic heterocycles. The Morgan fingerprint density at radius 2 is 1.81 bits per heavy atom. The molecular formula is C46H54N6O8PS-. The molecule has 5 aliphatic rings. The van der Waals surface area contributed by atoms with Crippen LogP contribution in [-0.2, 0) is 34.6 Å². The Bertz CT molecular complexity index is 2350. The van der Waals surface area contributed by atoms with Crippen LogP contribution in [0.4, 0.5) is 5.69 Å². The molecule has 14 nitrogen and oxygen atoms in total. The van der Waals surface area contributed by atoms with Crippen molar-refractivity contribution in [3.8, 4) is 5.75 Å². The molecule has 4 aliphatic heterocycles. The van der Waals surface area contributed by atoms with Gasteiger partial charge in [-0.2, -0.15) is 0 Å². The second kappa shape index (κ2) is 18.1. The highest BCUT2D eigenvalue weighted by Crippen LogP contribution is 2.57. The number of carbonyl (C=O) groups is 4. The Labute approximate surface area is 366 Å². The molecule has 1 aliphatic carbocycles. The summed E-state index contributed by atoms with van der Waals surface area (Å²) >= 11 is 1.32. The molecule has 9 rings (SSSR count). The number of likely N-dealkylation sites (tertiary alicyclic amines) is 1. The van der Waals surface area contributed by atoms with Crippen molar-refractivity contribution < 1.29 is 37.7 Å². The summed E-state index contributed by atoms with van der Waals surface area (Å²) in [6, 6.07) is 15.8. The molecule has 5 fully saturated rings. The van der Waals surface area contributed by atoms with Crippen LogP contribution < -0.4 is 14.7 Å². The van der Waals surface area contributed by atoms with E-state index in [4.69, 9.17) is 14.0 Å². The first-order valence-electron chi connectivity index (χ1n) is 22.0. The molecule has 0 bridgehead atoms. The van der Waals surface area contributed by atoms with Crippen LogP contribution in [0.3, 0.4) is 0 Å². The lowest BCUT2D eigenvalue weighted by molar-refractivity contribution is -0.149. The van der Waals surface area contributed by atoms with E-state index in [1.54, 1.807) is 37.3 Å². The van der Waals surface area contributed by atoms with Crippen molar-refractivity contribution in [3.63, 3.8) is 0 Å². The van der Waals surface area contributed by atoms with Gasteiger partial charge in [0.25, 0.3) is 11.9 Å². The number of carbonyl (C=O) groups excluding carboxylic acids is 4. The predicted molar refractivity (Wildman–Crippen MR) is 237 cm³/mol. The summed E-state index contributed by atoms with van der Waals surface area (Å²) in [5.74, 6) is 0.319. The van der Waals surface area contributed by atoms with Crippen molar-refractivity contribution in [1.82, 2.24) is 20.1 Å². The minimum absolute atomic E-state index is 0.00961. The second-order valence-corrected chi connectivity index (χ2v) is 20.4. The van der Waals surface area contributed by atoms with Gasteiger partial charge in [0.2, 0.25) is 11.8 Å². The largest absolute Gasteiger partial charge is 0.557 e. The number of rotatable bonds is 14. The Balaban J connectivity index is 0.875. The third-order valence-electron chi connectivity index (χ3n) is 13.0. The van der Waals surface area contributed by atoms with Crippen molar-refractivity contribution >= 4 is 58.3 Å². The van der Waals surface area contributed by atoms with Crippen molar-refractivity contribution in [2.45, 2.75) is 88.6 Å². The lowest BCUT2D eigenvalue weighted by atomic mass is 9.90. The van der Waals surface area contributed by atoms with Gasteiger partial charge in [0, 0.05) is 72.6 Å². The van der Waals surface area contributed by atoms with Crippen LogP contribution in [0, 0.1) is 11.8 Å². The lowest BCUT2D eigenvalue weighted by Crippen LogP contribution is -2.59. The number of nitrogens with one attached hydrogen (secondary N) is 1. The second-order valence-electron chi connectivity index (χ2n) is 17.4.